The van der Waals surface area contributed by atoms with Gasteiger partial charge in [0.25, 0.3) is 5.91 Å². The van der Waals surface area contributed by atoms with Crippen molar-refractivity contribution in [2.75, 3.05) is 44.4 Å². The molecule has 2 amide bonds. The number of fused-ring (bicyclic) bond motifs is 1. The lowest BCUT2D eigenvalue weighted by Gasteiger charge is -2.36. The Balaban J connectivity index is 1.42. The minimum atomic E-state index is -0.163. The zero-order chi connectivity index (χ0) is 23.0. The molecule has 4 rings (SSSR count). The predicted molar refractivity (Wildman–Crippen MR) is 129 cm³/mol. The maximum absolute atomic E-state index is 12.7. The van der Waals surface area contributed by atoms with E-state index < -0.39 is 0 Å². The third-order valence-corrected chi connectivity index (χ3v) is 5.60. The largest absolute Gasteiger partial charge is 0.491 e. The molecule has 172 valence electrons. The number of ether oxygens (including phenoxy) is 2. The molecule has 3 aromatic carbocycles. The van der Waals surface area contributed by atoms with Crippen LogP contribution in [0.25, 0.3) is 10.8 Å². The first-order valence-electron chi connectivity index (χ1n) is 11.3. The number of carbonyl (C=O) groups excluding carboxylic acids is 2. The highest BCUT2D eigenvalue weighted by Crippen LogP contribution is 2.23. The number of piperazine rings is 1. The molecule has 1 heterocycles. The average molecular weight is 448 g/mol. The van der Waals surface area contributed by atoms with Crippen LogP contribution in [-0.4, -0.2) is 57.3 Å². The summed E-state index contributed by atoms with van der Waals surface area (Å²) >= 11 is 0. The van der Waals surface area contributed by atoms with E-state index in [0.717, 1.165) is 22.2 Å². The molecule has 0 spiro atoms. The third-order valence-electron chi connectivity index (χ3n) is 5.60. The predicted octanol–water partition coefficient (Wildman–Crippen LogP) is 2.99. The van der Waals surface area contributed by atoms with Gasteiger partial charge in [-0.15, -0.1) is 0 Å². The van der Waals surface area contributed by atoms with E-state index in [4.69, 9.17) is 9.47 Å². The van der Waals surface area contributed by atoms with Crippen LogP contribution in [0, 0.1) is 0 Å². The number of hydrogen-bond acceptors (Lipinski definition) is 5. The van der Waals surface area contributed by atoms with Crippen molar-refractivity contribution in [1.82, 2.24) is 10.6 Å². The highest BCUT2D eigenvalue weighted by Gasteiger charge is 2.30. The second-order valence-corrected chi connectivity index (χ2v) is 7.87. The van der Waals surface area contributed by atoms with Gasteiger partial charge in [0.05, 0.1) is 19.2 Å². The van der Waals surface area contributed by atoms with Gasteiger partial charge in [-0.05, 0) is 54.1 Å². The maximum atomic E-state index is 12.7. The summed E-state index contributed by atoms with van der Waals surface area (Å²) in [5, 5.41) is 8.26. The minimum Gasteiger partial charge on any atom is -0.491 e. The van der Waals surface area contributed by atoms with Crippen molar-refractivity contribution in [2.45, 2.75) is 13.0 Å². The Morgan fingerprint density at radius 3 is 2.67 bits per heavy atom. The zero-order valence-corrected chi connectivity index (χ0v) is 18.8. The molecule has 0 aromatic heterocycles. The Labute approximate surface area is 193 Å². The van der Waals surface area contributed by atoms with Gasteiger partial charge in [0.15, 0.2) is 0 Å². The topological polar surface area (TPSA) is 79.9 Å². The summed E-state index contributed by atoms with van der Waals surface area (Å²) in [5.74, 6) is 0.581. The maximum Gasteiger partial charge on any atom is 0.251 e. The highest BCUT2D eigenvalue weighted by atomic mass is 16.5. The first kappa shape index (κ1) is 22.8. The first-order chi connectivity index (χ1) is 16.2. The van der Waals surface area contributed by atoms with Crippen molar-refractivity contribution >= 4 is 28.3 Å². The van der Waals surface area contributed by atoms with Crippen LogP contribution in [0.2, 0.25) is 0 Å². The number of rotatable bonds is 9. The number of carbonyl (C=O) groups is 2. The van der Waals surface area contributed by atoms with E-state index in [2.05, 4.69) is 22.8 Å². The molecule has 0 aliphatic carbocycles. The summed E-state index contributed by atoms with van der Waals surface area (Å²) in [6, 6.07) is 21.0. The summed E-state index contributed by atoms with van der Waals surface area (Å²) in [7, 11) is 0. The molecule has 1 aliphatic rings. The van der Waals surface area contributed by atoms with Crippen molar-refractivity contribution in [3.8, 4) is 5.75 Å². The van der Waals surface area contributed by atoms with Crippen LogP contribution in [0.4, 0.5) is 5.69 Å². The Kier molecular flexibility index (Phi) is 7.55. The molecule has 33 heavy (non-hydrogen) atoms. The van der Waals surface area contributed by atoms with Crippen LogP contribution in [0.15, 0.2) is 66.7 Å². The van der Waals surface area contributed by atoms with Gasteiger partial charge in [-0.25, -0.2) is 0 Å². The molecule has 1 aliphatic heterocycles. The van der Waals surface area contributed by atoms with Crippen LogP contribution < -0.4 is 20.3 Å². The summed E-state index contributed by atoms with van der Waals surface area (Å²) in [5.41, 5.74) is 1.29. The fraction of sp³-hybridized carbons (Fsp3) is 0.308. The third kappa shape index (κ3) is 5.69. The highest BCUT2D eigenvalue weighted by molar-refractivity contribution is 5.98. The summed E-state index contributed by atoms with van der Waals surface area (Å²) in [4.78, 5) is 26.8. The lowest BCUT2D eigenvalue weighted by molar-refractivity contribution is -0.119. The SMILES string of the molecule is CCOCCNC(=O)c1ccc(N2C(=O)CNC[C@@H]2COc2ccc3ccccc3c2)cc1. The molecule has 0 radical (unpaired) electrons. The summed E-state index contributed by atoms with van der Waals surface area (Å²) < 4.78 is 11.3. The molecule has 1 fully saturated rings. The zero-order valence-electron chi connectivity index (χ0n) is 18.8. The molecular formula is C26H29N3O4. The van der Waals surface area contributed by atoms with E-state index in [9.17, 15) is 9.59 Å². The van der Waals surface area contributed by atoms with Gasteiger partial charge in [-0.2, -0.15) is 0 Å². The molecule has 1 saturated heterocycles. The van der Waals surface area contributed by atoms with E-state index in [1.54, 1.807) is 17.0 Å². The van der Waals surface area contributed by atoms with Crippen LogP contribution in [0.5, 0.6) is 5.75 Å². The van der Waals surface area contributed by atoms with Crippen molar-refractivity contribution in [3.05, 3.63) is 72.3 Å². The molecule has 1 atom stereocenters. The second kappa shape index (κ2) is 10.9. The molecular weight excluding hydrogens is 418 g/mol. The van der Waals surface area contributed by atoms with Crippen molar-refractivity contribution < 1.29 is 19.1 Å². The van der Waals surface area contributed by atoms with Crippen LogP contribution >= 0.6 is 0 Å². The van der Waals surface area contributed by atoms with E-state index in [1.165, 1.54) is 0 Å². The fourth-order valence-corrected chi connectivity index (χ4v) is 3.92. The van der Waals surface area contributed by atoms with Crippen molar-refractivity contribution in [2.24, 2.45) is 0 Å². The van der Waals surface area contributed by atoms with E-state index in [0.29, 0.717) is 38.5 Å². The normalized spacial score (nSPS) is 16.1. The standard InChI is InChI=1S/C26H29N3O4/c1-2-32-14-13-28-26(31)20-7-10-22(11-8-20)29-23(16-27-17-25(29)30)18-33-24-12-9-19-5-3-4-6-21(19)15-24/h3-12,15,23,27H,2,13-14,16-18H2,1H3,(H,28,31)/t23-/m1/s1. The first-order valence-corrected chi connectivity index (χ1v) is 11.3. The smallest absolute Gasteiger partial charge is 0.251 e. The van der Waals surface area contributed by atoms with E-state index >= 15 is 0 Å². The Morgan fingerprint density at radius 2 is 1.88 bits per heavy atom. The van der Waals surface area contributed by atoms with Crippen LogP contribution in [0.1, 0.15) is 17.3 Å². The molecule has 0 unspecified atom stereocenters. The van der Waals surface area contributed by atoms with Gasteiger partial charge >= 0.3 is 0 Å². The van der Waals surface area contributed by atoms with Crippen LogP contribution in [0.3, 0.4) is 0 Å². The van der Waals surface area contributed by atoms with Gasteiger partial charge in [-0.3, -0.25) is 9.59 Å². The number of hydrogen-bond donors (Lipinski definition) is 2. The second-order valence-electron chi connectivity index (χ2n) is 7.87. The fourth-order valence-electron chi connectivity index (χ4n) is 3.92. The Bertz CT molecular complexity index is 1100. The van der Waals surface area contributed by atoms with Gasteiger partial charge in [0.1, 0.15) is 12.4 Å². The van der Waals surface area contributed by atoms with Gasteiger partial charge in [-0.1, -0.05) is 30.3 Å². The molecule has 3 aromatic rings. The number of benzene rings is 3. The van der Waals surface area contributed by atoms with Gasteiger partial charge in [0.2, 0.25) is 5.91 Å². The molecule has 0 bridgehead atoms. The van der Waals surface area contributed by atoms with Crippen molar-refractivity contribution in [1.29, 1.82) is 0 Å². The Morgan fingerprint density at radius 1 is 1.09 bits per heavy atom. The number of anilines is 1. The number of nitrogens with one attached hydrogen (secondary N) is 2. The number of nitrogens with zero attached hydrogens (tertiary/aromatic N) is 1. The monoisotopic (exact) mass is 447 g/mol. The molecule has 7 nitrogen and oxygen atoms in total. The molecule has 7 heteroatoms. The lowest BCUT2D eigenvalue weighted by atomic mass is 10.1. The Hall–Kier alpha value is -3.42. The molecule has 2 N–H and O–H groups in total. The average Bonchev–Trinajstić information content (AvgIpc) is 2.85. The van der Waals surface area contributed by atoms with Crippen molar-refractivity contribution in [3.63, 3.8) is 0 Å². The summed E-state index contributed by atoms with van der Waals surface area (Å²) in [6.45, 7) is 4.72. The van der Waals surface area contributed by atoms with E-state index in [1.807, 2.05) is 49.4 Å². The van der Waals surface area contributed by atoms with Gasteiger partial charge in [0, 0.05) is 30.9 Å². The molecule has 0 saturated carbocycles. The van der Waals surface area contributed by atoms with Crippen LogP contribution in [-0.2, 0) is 9.53 Å². The van der Waals surface area contributed by atoms with E-state index in [-0.39, 0.29) is 24.4 Å². The lowest BCUT2D eigenvalue weighted by Crippen LogP contribution is -2.57. The summed E-state index contributed by atoms with van der Waals surface area (Å²) in [6.07, 6.45) is 0. The quantitative estimate of drug-likeness (QED) is 0.493. The van der Waals surface area contributed by atoms with Gasteiger partial charge < -0.3 is 25.0 Å². The number of amides is 2. The minimum absolute atomic E-state index is 0.0257.